The van der Waals surface area contributed by atoms with Crippen LogP contribution in [0.1, 0.15) is 35.9 Å². The first-order chi connectivity index (χ1) is 14.4. The number of amides is 1. The molecule has 30 heavy (non-hydrogen) atoms. The highest BCUT2D eigenvalue weighted by Crippen LogP contribution is 2.40. The van der Waals surface area contributed by atoms with Gasteiger partial charge in [0.2, 0.25) is 11.7 Å². The summed E-state index contributed by atoms with van der Waals surface area (Å²) in [5.41, 5.74) is 1.82. The van der Waals surface area contributed by atoms with Crippen molar-refractivity contribution in [3.05, 3.63) is 41.9 Å². The lowest BCUT2D eigenvalue weighted by molar-refractivity contribution is 0.0746. The summed E-state index contributed by atoms with van der Waals surface area (Å²) in [5, 5.41) is 4.10. The Morgan fingerprint density at radius 3 is 2.60 bits per heavy atom. The van der Waals surface area contributed by atoms with Crippen molar-refractivity contribution in [2.45, 2.75) is 32.2 Å². The number of pyridine rings is 1. The fourth-order valence-corrected chi connectivity index (χ4v) is 3.88. The predicted octanol–water partition coefficient (Wildman–Crippen LogP) is 2.99. The van der Waals surface area contributed by atoms with Gasteiger partial charge in [-0.15, -0.1) is 0 Å². The first-order valence-corrected chi connectivity index (χ1v) is 10.1. The predicted molar refractivity (Wildman–Crippen MR) is 110 cm³/mol. The molecule has 3 aromatic heterocycles. The Kier molecular flexibility index (Phi) is 4.34. The van der Waals surface area contributed by atoms with Crippen molar-refractivity contribution in [2.24, 2.45) is 0 Å². The molecule has 1 saturated carbocycles. The lowest BCUT2D eigenvalue weighted by Gasteiger charge is -2.36. The Morgan fingerprint density at radius 1 is 1.17 bits per heavy atom. The van der Waals surface area contributed by atoms with Crippen LogP contribution < -0.4 is 10.2 Å². The number of aryl methyl sites for hydroxylation is 1. The van der Waals surface area contributed by atoms with Crippen molar-refractivity contribution in [1.29, 1.82) is 0 Å². The molecule has 0 spiro atoms. The minimum Gasteiger partial charge on any atom is -0.442 e. The summed E-state index contributed by atoms with van der Waals surface area (Å²) >= 11 is 0. The zero-order valence-electron chi connectivity index (χ0n) is 17.0. The maximum Gasteiger partial charge on any atom is 0.258 e. The van der Waals surface area contributed by atoms with Crippen LogP contribution >= 0.6 is 0 Å². The number of rotatable bonds is 4. The van der Waals surface area contributed by atoms with Gasteiger partial charge in [0.05, 0.1) is 22.8 Å². The fraction of sp³-hybridized carbons (Fsp3) is 0.429. The van der Waals surface area contributed by atoms with E-state index in [0.717, 1.165) is 18.5 Å². The highest BCUT2D eigenvalue weighted by Gasteiger charge is 2.39. The number of aromatic nitrogens is 3. The van der Waals surface area contributed by atoms with Gasteiger partial charge < -0.3 is 19.5 Å². The van der Waals surface area contributed by atoms with E-state index >= 15 is 0 Å². The lowest BCUT2D eigenvalue weighted by atomic mass is 10.1. The van der Waals surface area contributed by atoms with Crippen molar-refractivity contribution in [3.8, 4) is 0 Å². The number of anilines is 2. The summed E-state index contributed by atoms with van der Waals surface area (Å²) in [6, 6.07) is 3.06. The third kappa shape index (κ3) is 3.34. The largest absolute Gasteiger partial charge is 0.442 e. The topological polar surface area (TPSA) is 87.4 Å². The second-order valence-electron chi connectivity index (χ2n) is 8.24. The van der Waals surface area contributed by atoms with Gasteiger partial charge in [-0.25, -0.2) is 15.0 Å². The maximum atomic E-state index is 13.4. The third-order valence-electron chi connectivity index (χ3n) is 5.94. The monoisotopic (exact) mass is 410 g/mol. The number of halogens is 1. The van der Waals surface area contributed by atoms with E-state index in [1.54, 1.807) is 13.0 Å². The van der Waals surface area contributed by atoms with E-state index in [4.69, 9.17) is 4.42 Å². The Labute approximate surface area is 173 Å². The molecule has 1 saturated heterocycles. The van der Waals surface area contributed by atoms with Crippen LogP contribution in [0.2, 0.25) is 0 Å². The van der Waals surface area contributed by atoms with Gasteiger partial charge in [-0.1, -0.05) is 0 Å². The summed E-state index contributed by atoms with van der Waals surface area (Å²) < 4.78 is 18.9. The number of nitrogens with zero attached hydrogens (tertiary/aromatic N) is 5. The highest BCUT2D eigenvalue weighted by atomic mass is 19.1. The van der Waals surface area contributed by atoms with Gasteiger partial charge in [0.25, 0.3) is 5.91 Å². The molecule has 156 valence electrons. The van der Waals surface area contributed by atoms with E-state index in [1.165, 1.54) is 18.6 Å². The van der Waals surface area contributed by atoms with E-state index in [0.29, 0.717) is 54.4 Å². The van der Waals surface area contributed by atoms with Crippen molar-refractivity contribution in [3.63, 3.8) is 0 Å². The van der Waals surface area contributed by atoms with E-state index in [9.17, 15) is 9.18 Å². The quantitative estimate of drug-likeness (QED) is 0.662. The lowest BCUT2D eigenvalue weighted by Crippen LogP contribution is -2.49. The summed E-state index contributed by atoms with van der Waals surface area (Å²) in [4.78, 5) is 29.7. The van der Waals surface area contributed by atoms with E-state index in [-0.39, 0.29) is 11.4 Å². The molecular formula is C21H23FN6O2. The smallest absolute Gasteiger partial charge is 0.258 e. The molecule has 2 fully saturated rings. The van der Waals surface area contributed by atoms with Crippen molar-refractivity contribution < 1.29 is 13.6 Å². The van der Waals surface area contributed by atoms with Crippen LogP contribution in [0.25, 0.3) is 11.1 Å². The molecule has 1 aliphatic heterocycles. The third-order valence-corrected chi connectivity index (χ3v) is 5.94. The van der Waals surface area contributed by atoms with Crippen LogP contribution in [0.5, 0.6) is 0 Å². The fourth-order valence-electron chi connectivity index (χ4n) is 3.88. The zero-order chi connectivity index (χ0) is 20.9. The number of piperazine rings is 1. The summed E-state index contributed by atoms with van der Waals surface area (Å²) in [5.74, 6) is 0.615. The van der Waals surface area contributed by atoms with Gasteiger partial charge in [0, 0.05) is 31.7 Å². The first kappa shape index (κ1) is 18.8. The molecule has 0 unspecified atom stereocenters. The van der Waals surface area contributed by atoms with E-state index in [2.05, 4.69) is 32.1 Å². The average molecular weight is 410 g/mol. The molecule has 8 nitrogen and oxygen atoms in total. The molecule has 1 N–H and O–H groups in total. The van der Waals surface area contributed by atoms with Gasteiger partial charge in [0.1, 0.15) is 17.9 Å². The Morgan fingerprint density at radius 2 is 1.93 bits per heavy atom. The van der Waals surface area contributed by atoms with E-state index in [1.807, 2.05) is 4.90 Å². The number of hydrogen-bond acceptors (Lipinski definition) is 7. The van der Waals surface area contributed by atoms with Gasteiger partial charge in [0.15, 0.2) is 0 Å². The molecular weight excluding hydrogens is 387 g/mol. The minimum absolute atomic E-state index is 0.0155. The van der Waals surface area contributed by atoms with E-state index < -0.39 is 5.95 Å². The standard InChI is InChI=1S/C21H23FN6O2/c1-13-16(17-18(26-21(2)5-6-21)24-12-25-19(17)30-13)20(29)28-9-7-27(8-10-28)14-3-4-15(22)23-11-14/h3-4,11-12H,5-10H2,1-2H3,(H,24,25,26). The molecule has 9 heteroatoms. The van der Waals surface area contributed by atoms with Gasteiger partial charge in [-0.3, -0.25) is 4.79 Å². The number of hydrogen-bond donors (Lipinski definition) is 1. The zero-order valence-corrected chi connectivity index (χ0v) is 17.0. The van der Waals surface area contributed by atoms with Crippen molar-refractivity contribution in [2.75, 3.05) is 36.4 Å². The number of fused-ring (bicyclic) bond motifs is 1. The SMILES string of the molecule is Cc1oc2ncnc(NC3(C)CC3)c2c1C(=O)N1CCN(c2ccc(F)nc2)CC1. The van der Waals surface area contributed by atoms with Gasteiger partial charge in [-0.2, -0.15) is 4.39 Å². The Balaban J connectivity index is 1.39. The highest BCUT2D eigenvalue weighted by molar-refractivity contribution is 6.10. The van der Waals surface area contributed by atoms with Crippen molar-refractivity contribution >= 4 is 28.5 Å². The number of furan rings is 1. The van der Waals surface area contributed by atoms with Crippen LogP contribution in [0.3, 0.4) is 0 Å². The van der Waals surface area contributed by atoms with Crippen molar-refractivity contribution in [1.82, 2.24) is 19.9 Å². The molecule has 1 aliphatic carbocycles. The second kappa shape index (κ2) is 6.93. The summed E-state index contributed by atoms with van der Waals surface area (Å²) in [6.07, 6.45) is 5.12. The van der Waals surface area contributed by atoms with Crippen LogP contribution in [-0.4, -0.2) is 57.5 Å². The maximum absolute atomic E-state index is 13.4. The van der Waals surface area contributed by atoms with Crippen LogP contribution in [0.4, 0.5) is 15.9 Å². The molecule has 1 amide bonds. The molecule has 0 aromatic carbocycles. The number of carbonyl (C=O) groups excluding carboxylic acids is 1. The second-order valence-corrected chi connectivity index (χ2v) is 8.24. The molecule has 0 bridgehead atoms. The Bertz CT molecular complexity index is 1100. The van der Waals surface area contributed by atoms with Crippen LogP contribution in [0, 0.1) is 12.9 Å². The summed E-state index contributed by atoms with van der Waals surface area (Å²) in [6.45, 7) is 6.32. The first-order valence-electron chi connectivity index (χ1n) is 10.1. The number of carbonyl (C=O) groups is 1. The normalized spacial score (nSPS) is 18.0. The van der Waals surface area contributed by atoms with Crippen LogP contribution in [-0.2, 0) is 0 Å². The molecule has 0 radical (unpaired) electrons. The summed E-state index contributed by atoms with van der Waals surface area (Å²) in [7, 11) is 0. The molecule has 3 aromatic rings. The minimum atomic E-state index is -0.499. The average Bonchev–Trinajstić information content (AvgIpc) is 3.36. The molecule has 5 rings (SSSR count). The molecule has 4 heterocycles. The van der Waals surface area contributed by atoms with Crippen LogP contribution in [0.15, 0.2) is 29.1 Å². The number of nitrogens with one attached hydrogen (secondary N) is 1. The van der Waals surface area contributed by atoms with Gasteiger partial charge in [-0.05, 0) is 38.8 Å². The molecule has 0 atom stereocenters. The van der Waals surface area contributed by atoms with Gasteiger partial charge >= 0.3 is 0 Å². The molecule has 2 aliphatic rings. The Hall–Kier alpha value is -3.23.